The van der Waals surface area contributed by atoms with Gasteiger partial charge in [0.15, 0.2) is 0 Å². The van der Waals surface area contributed by atoms with Crippen molar-refractivity contribution in [3.8, 4) is 11.5 Å². The second kappa shape index (κ2) is 6.47. The quantitative estimate of drug-likeness (QED) is 0.805. The molecule has 4 rings (SSSR count). The average molecular weight is 332 g/mol. The first-order valence-corrected chi connectivity index (χ1v) is 8.81. The molecule has 0 aliphatic carbocycles. The van der Waals surface area contributed by atoms with Crippen molar-refractivity contribution in [2.24, 2.45) is 10.9 Å². The van der Waals surface area contributed by atoms with E-state index in [1.54, 1.807) is 0 Å². The molecule has 0 aromatic heterocycles. The molecule has 5 heteroatoms. The van der Waals surface area contributed by atoms with Crippen LogP contribution in [0.25, 0.3) is 6.08 Å². The Bertz CT molecular complexity index is 908. The number of hydrogen-bond donors (Lipinski definition) is 0. The summed E-state index contributed by atoms with van der Waals surface area (Å²) in [4.78, 5) is 7.29. The molecule has 2 aliphatic rings. The van der Waals surface area contributed by atoms with Gasteiger partial charge in [0.25, 0.3) is 0 Å². The van der Waals surface area contributed by atoms with E-state index in [-0.39, 0.29) is 12.0 Å². The maximum Gasteiger partial charge on any atom is 0.374 e. The number of fused-ring (bicyclic) bond motifs is 4. The Hall–Kier alpha value is -2.43. The molecule has 2 radical (unpaired) electrons. The molecule has 2 atom stereocenters. The first-order chi connectivity index (χ1) is 12.2. The minimum absolute atomic E-state index is 0.0787. The van der Waals surface area contributed by atoms with E-state index in [2.05, 4.69) is 43.0 Å². The third-order valence-electron chi connectivity index (χ3n) is 5.09. The van der Waals surface area contributed by atoms with Crippen molar-refractivity contribution in [1.82, 2.24) is 0 Å². The third-order valence-corrected chi connectivity index (χ3v) is 5.09. The summed E-state index contributed by atoms with van der Waals surface area (Å²) in [6, 6.07) is 12.3. The van der Waals surface area contributed by atoms with Gasteiger partial charge in [-0.1, -0.05) is 12.1 Å². The van der Waals surface area contributed by atoms with Gasteiger partial charge in [-0.05, 0) is 37.3 Å². The molecule has 2 unspecified atom stereocenters. The van der Waals surface area contributed by atoms with Gasteiger partial charge in [-0.3, -0.25) is 4.99 Å². The van der Waals surface area contributed by atoms with Crippen LogP contribution >= 0.6 is 0 Å². The fourth-order valence-electron chi connectivity index (χ4n) is 3.72. The molecular weight excluding hydrogens is 311 g/mol. The molecule has 0 fully saturated rings. The van der Waals surface area contributed by atoms with E-state index in [4.69, 9.17) is 22.4 Å². The molecule has 0 bridgehead atoms. The van der Waals surface area contributed by atoms with E-state index in [1.165, 1.54) is 5.69 Å². The fraction of sp³-hybridized carbons (Fsp3) is 0.350. The minimum Gasteiger partial charge on any atom is -0.568 e. The van der Waals surface area contributed by atoms with E-state index < -0.39 is 0 Å². The monoisotopic (exact) mass is 332 g/mol. The Balaban J connectivity index is 1.77. The van der Waals surface area contributed by atoms with E-state index in [0.717, 1.165) is 35.0 Å². The zero-order valence-corrected chi connectivity index (χ0v) is 14.6. The highest BCUT2D eigenvalue weighted by Gasteiger charge is 2.31. The van der Waals surface area contributed by atoms with E-state index in [0.29, 0.717) is 12.4 Å². The molecule has 2 aliphatic heterocycles. The van der Waals surface area contributed by atoms with Crippen LogP contribution in [0.1, 0.15) is 25.5 Å². The second-order valence-corrected chi connectivity index (χ2v) is 6.45. The van der Waals surface area contributed by atoms with Crippen LogP contribution in [-0.2, 0) is 0 Å². The predicted octanol–water partition coefficient (Wildman–Crippen LogP) is 2.16. The standard InChI is InChI=1S/C20H21BN2O2/c1-3-23(4-2)15-6-8-17-19(10-15)24-12-14-9-13-5-7-16(25-21)11-18(13)22-20(14)17/h5-11,14,20H,3-4,12H2,1-2H3. The molecule has 0 saturated heterocycles. The number of rotatable bonds is 4. The Morgan fingerprint density at radius 3 is 2.80 bits per heavy atom. The SMILES string of the molecule is [B]Oc1ccc2c(c1)=NC1c3ccc(N(CC)CC)cc3OCC1C=2. The van der Waals surface area contributed by atoms with Gasteiger partial charge in [-0.2, -0.15) is 0 Å². The number of anilines is 1. The van der Waals surface area contributed by atoms with E-state index in [9.17, 15) is 0 Å². The van der Waals surface area contributed by atoms with E-state index >= 15 is 0 Å². The van der Waals surface area contributed by atoms with Gasteiger partial charge in [0.1, 0.15) is 5.75 Å². The summed E-state index contributed by atoms with van der Waals surface area (Å²) in [5.41, 5.74) is 2.34. The lowest BCUT2D eigenvalue weighted by Gasteiger charge is -2.32. The lowest BCUT2D eigenvalue weighted by atomic mass is 9.88. The van der Waals surface area contributed by atoms with Crippen LogP contribution in [0.15, 0.2) is 41.4 Å². The highest BCUT2D eigenvalue weighted by Crippen LogP contribution is 2.41. The molecular formula is C20H21BN2O2. The lowest BCUT2D eigenvalue weighted by molar-refractivity contribution is 0.230. The summed E-state index contributed by atoms with van der Waals surface area (Å²) in [6.45, 7) is 6.94. The van der Waals surface area contributed by atoms with Crippen molar-refractivity contribution in [1.29, 1.82) is 0 Å². The van der Waals surface area contributed by atoms with Gasteiger partial charge in [0.2, 0.25) is 0 Å². The normalized spacial score (nSPS) is 20.1. The van der Waals surface area contributed by atoms with Crippen molar-refractivity contribution >= 4 is 19.8 Å². The topological polar surface area (TPSA) is 34.1 Å². The Kier molecular flexibility index (Phi) is 4.16. The largest absolute Gasteiger partial charge is 0.568 e. The summed E-state index contributed by atoms with van der Waals surface area (Å²) in [6.07, 6.45) is 2.24. The number of benzene rings is 2. The van der Waals surface area contributed by atoms with Crippen molar-refractivity contribution in [2.75, 3.05) is 24.6 Å². The van der Waals surface area contributed by atoms with Crippen LogP contribution in [0.4, 0.5) is 5.69 Å². The maximum atomic E-state index is 6.07. The maximum absolute atomic E-state index is 6.07. The summed E-state index contributed by atoms with van der Waals surface area (Å²) in [5.74, 6) is 1.82. The number of hydrogen-bond acceptors (Lipinski definition) is 4. The van der Waals surface area contributed by atoms with Crippen molar-refractivity contribution in [2.45, 2.75) is 19.9 Å². The average Bonchev–Trinajstić information content (AvgIpc) is 2.66. The molecule has 2 aromatic carbocycles. The van der Waals surface area contributed by atoms with Gasteiger partial charge in [-0.25, -0.2) is 0 Å². The van der Waals surface area contributed by atoms with Crippen LogP contribution in [0.3, 0.4) is 0 Å². The minimum atomic E-state index is 0.0787. The van der Waals surface area contributed by atoms with Crippen LogP contribution in [0.5, 0.6) is 11.5 Å². The summed E-state index contributed by atoms with van der Waals surface area (Å²) in [5, 5.41) is 2.03. The van der Waals surface area contributed by atoms with Crippen molar-refractivity contribution in [3.63, 3.8) is 0 Å². The Morgan fingerprint density at radius 2 is 2.04 bits per heavy atom. The number of nitrogens with zero attached hydrogens (tertiary/aromatic N) is 2. The van der Waals surface area contributed by atoms with Crippen LogP contribution < -0.4 is 24.9 Å². The molecule has 2 heterocycles. The van der Waals surface area contributed by atoms with Gasteiger partial charge >= 0.3 is 8.05 Å². The molecule has 25 heavy (non-hydrogen) atoms. The molecule has 126 valence electrons. The fourth-order valence-corrected chi connectivity index (χ4v) is 3.72. The highest BCUT2D eigenvalue weighted by atomic mass is 16.5. The molecule has 0 amide bonds. The van der Waals surface area contributed by atoms with E-state index in [1.807, 2.05) is 18.2 Å². The first kappa shape index (κ1) is 16.1. The first-order valence-electron chi connectivity index (χ1n) is 8.81. The van der Waals surface area contributed by atoms with Crippen LogP contribution in [-0.4, -0.2) is 27.7 Å². The van der Waals surface area contributed by atoms with Crippen molar-refractivity contribution < 1.29 is 9.39 Å². The number of ether oxygens (including phenoxy) is 1. The van der Waals surface area contributed by atoms with Gasteiger partial charge in [0.05, 0.1) is 23.8 Å². The second-order valence-electron chi connectivity index (χ2n) is 6.45. The zero-order valence-electron chi connectivity index (χ0n) is 14.6. The Labute approximate surface area is 149 Å². The van der Waals surface area contributed by atoms with Crippen molar-refractivity contribution in [3.05, 3.63) is 52.5 Å². The lowest BCUT2D eigenvalue weighted by Crippen LogP contribution is -2.36. The summed E-state index contributed by atoms with van der Waals surface area (Å²) in [7, 11) is 5.29. The molecule has 4 nitrogen and oxygen atoms in total. The molecule has 0 saturated carbocycles. The molecule has 0 spiro atoms. The predicted molar refractivity (Wildman–Crippen MR) is 99.8 cm³/mol. The smallest absolute Gasteiger partial charge is 0.374 e. The Morgan fingerprint density at radius 1 is 1.20 bits per heavy atom. The van der Waals surface area contributed by atoms with Gasteiger partial charge in [0, 0.05) is 42.4 Å². The van der Waals surface area contributed by atoms with Crippen LogP contribution in [0, 0.1) is 5.92 Å². The molecule has 0 N–H and O–H groups in total. The highest BCUT2D eigenvalue weighted by molar-refractivity contribution is 5.99. The van der Waals surface area contributed by atoms with Crippen LogP contribution in [0.2, 0.25) is 0 Å². The van der Waals surface area contributed by atoms with Gasteiger partial charge in [-0.15, -0.1) is 0 Å². The summed E-state index contributed by atoms with van der Waals surface area (Å²) < 4.78 is 10.9. The summed E-state index contributed by atoms with van der Waals surface area (Å²) >= 11 is 0. The van der Waals surface area contributed by atoms with Gasteiger partial charge < -0.3 is 14.3 Å². The zero-order chi connectivity index (χ0) is 17.4. The third kappa shape index (κ3) is 2.78. The molecule has 2 aromatic rings.